The van der Waals surface area contributed by atoms with E-state index < -0.39 is 0 Å². The Kier molecular flexibility index (Phi) is 1.95. The molecular formula is C12H15N. The van der Waals surface area contributed by atoms with Crippen molar-refractivity contribution < 1.29 is 0 Å². The SMILES string of the molecule is CC(=N)c1ccc(C2CC2C)cc1. The molecule has 68 valence electrons. The second-order valence-electron chi connectivity index (χ2n) is 4.07. The third-order valence-corrected chi connectivity index (χ3v) is 2.88. The van der Waals surface area contributed by atoms with Crippen LogP contribution in [0, 0.1) is 11.3 Å². The molecule has 1 saturated carbocycles. The fraction of sp³-hybridized carbons (Fsp3) is 0.417. The summed E-state index contributed by atoms with van der Waals surface area (Å²) >= 11 is 0. The predicted octanol–water partition coefficient (Wildman–Crippen LogP) is 3.20. The van der Waals surface area contributed by atoms with E-state index in [9.17, 15) is 0 Å². The lowest BCUT2D eigenvalue weighted by atomic mass is 10.1. The zero-order chi connectivity index (χ0) is 9.42. The summed E-state index contributed by atoms with van der Waals surface area (Å²) in [5.41, 5.74) is 3.13. The summed E-state index contributed by atoms with van der Waals surface area (Å²) in [5, 5.41) is 7.47. The van der Waals surface area contributed by atoms with E-state index in [2.05, 4.69) is 31.2 Å². The number of benzene rings is 1. The van der Waals surface area contributed by atoms with Crippen molar-refractivity contribution in [2.75, 3.05) is 0 Å². The van der Waals surface area contributed by atoms with Crippen LogP contribution >= 0.6 is 0 Å². The zero-order valence-electron chi connectivity index (χ0n) is 8.17. The first-order valence-electron chi connectivity index (χ1n) is 4.84. The molecule has 0 amide bonds. The molecule has 1 aromatic carbocycles. The van der Waals surface area contributed by atoms with Crippen LogP contribution in [0.15, 0.2) is 24.3 Å². The van der Waals surface area contributed by atoms with E-state index in [1.165, 1.54) is 12.0 Å². The van der Waals surface area contributed by atoms with Gasteiger partial charge in [-0.25, -0.2) is 0 Å². The second-order valence-corrected chi connectivity index (χ2v) is 4.07. The molecule has 0 aromatic heterocycles. The molecule has 0 aliphatic heterocycles. The van der Waals surface area contributed by atoms with Gasteiger partial charge in [-0.15, -0.1) is 0 Å². The molecule has 1 N–H and O–H groups in total. The Hall–Kier alpha value is -1.11. The predicted molar refractivity (Wildman–Crippen MR) is 55.5 cm³/mol. The number of rotatable bonds is 2. The summed E-state index contributed by atoms with van der Waals surface area (Å²) in [5.74, 6) is 1.66. The average molecular weight is 173 g/mol. The Morgan fingerprint density at radius 3 is 2.23 bits per heavy atom. The van der Waals surface area contributed by atoms with E-state index in [1.54, 1.807) is 0 Å². The van der Waals surface area contributed by atoms with Crippen LogP contribution in [0.1, 0.15) is 37.3 Å². The highest BCUT2D eigenvalue weighted by atomic mass is 14.4. The van der Waals surface area contributed by atoms with Gasteiger partial charge in [-0.3, -0.25) is 0 Å². The third-order valence-electron chi connectivity index (χ3n) is 2.88. The third kappa shape index (κ3) is 1.64. The minimum Gasteiger partial charge on any atom is -0.305 e. The topological polar surface area (TPSA) is 23.9 Å². The van der Waals surface area contributed by atoms with Crippen LogP contribution in [0.3, 0.4) is 0 Å². The molecule has 0 saturated heterocycles. The van der Waals surface area contributed by atoms with Crippen molar-refractivity contribution in [3.05, 3.63) is 35.4 Å². The Morgan fingerprint density at radius 2 is 1.85 bits per heavy atom. The molecule has 1 aliphatic carbocycles. The van der Waals surface area contributed by atoms with E-state index in [-0.39, 0.29) is 0 Å². The van der Waals surface area contributed by atoms with Gasteiger partial charge in [0.05, 0.1) is 0 Å². The Labute approximate surface area is 79.3 Å². The Balaban J connectivity index is 2.19. The van der Waals surface area contributed by atoms with Crippen LogP contribution in [0.2, 0.25) is 0 Å². The lowest BCUT2D eigenvalue weighted by Gasteiger charge is -2.01. The van der Waals surface area contributed by atoms with Crippen LogP contribution in [-0.4, -0.2) is 5.71 Å². The number of nitrogens with one attached hydrogen (secondary N) is 1. The lowest BCUT2D eigenvalue weighted by molar-refractivity contribution is 0.914. The molecule has 2 atom stereocenters. The molecule has 1 aliphatic rings. The highest BCUT2D eigenvalue weighted by Gasteiger charge is 2.33. The van der Waals surface area contributed by atoms with Crippen LogP contribution in [0.5, 0.6) is 0 Å². The van der Waals surface area contributed by atoms with Gasteiger partial charge in [0.25, 0.3) is 0 Å². The normalized spacial score (nSPS) is 25.7. The molecule has 2 unspecified atom stereocenters. The smallest absolute Gasteiger partial charge is 0.0355 e. The first kappa shape index (κ1) is 8.49. The fourth-order valence-electron chi connectivity index (χ4n) is 1.77. The maximum absolute atomic E-state index is 7.47. The molecule has 1 nitrogen and oxygen atoms in total. The summed E-state index contributed by atoms with van der Waals surface area (Å²) in [6, 6.07) is 8.45. The molecule has 1 fully saturated rings. The summed E-state index contributed by atoms with van der Waals surface area (Å²) < 4.78 is 0. The molecular weight excluding hydrogens is 158 g/mol. The van der Waals surface area contributed by atoms with Gasteiger partial charge in [-0.2, -0.15) is 0 Å². The van der Waals surface area contributed by atoms with Crippen LogP contribution < -0.4 is 0 Å². The van der Waals surface area contributed by atoms with E-state index >= 15 is 0 Å². The Bertz CT molecular complexity index is 323. The quantitative estimate of drug-likeness (QED) is 0.664. The Morgan fingerprint density at radius 1 is 1.31 bits per heavy atom. The van der Waals surface area contributed by atoms with Crippen LogP contribution in [-0.2, 0) is 0 Å². The first-order valence-corrected chi connectivity index (χ1v) is 4.84. The molecule has 0 bridgehead atoms. The molecule has 0 spiro atoms. The van der Waals surface area contributed by atoms with Gasteiger partial charge in [0, 0.05) is 5.71 Å². The largest absolute Gasteiger partial charge is 0.305 e. The van der Waals surface area contributed by atoms with Crippen molar-refractivity contribution in [2.24, 2.45) is 5.92 Å². The minimum absolute atomic E-state index is 0.649. The highest BCUT2D eigenvalue weighted by Crippen LogP contribution is 2.46. The standard InChI is InChI=1S/C12H15N/c1-8-7-12(8)11-5-3-10(4-6-11)9(2)13/h3-6,8,12-13H,7H2,1-2H3. The van der Waals surface area contributed by atoms with Crippen molar-refractivity contribution in [2.45, 2.75) is 26.2 Å². The van der Waals surface area contributed by atoms with Crippen molar-refractivity contribution in [1.29, 1.82) is 5.41 Å². The molecule has 0 heterocycles. The molecule has 1 aromatic rings. The van der Waals surface area contributed by atoms with Gasteiger partial charge in [0.2, 0.25) is 0 Å². The number of hydrogen-bond donors (Lipinski definition) is 1. The first-order chi connectivity index (χ1) is 6.18. The van der Waals surface area contributed by atoms with Gasteiger partial charge in [0.1, 0.15) is 0 Å². The van der Waals surface area contributed by atoms with Gasteiger partial charge < -0.3 is 5.41 Å². The zero-order valence-corrected chi connectivity index (χ0v) is 8.17. The maximum atomic E-state index is 7.47. The summed E-state index contributed by atoms with van der Waals surface area (Å²) in [4.78, 5) is 0. The van der Waals surface area contributed by atoms with Crippen molar-refractivity contribution in [1.82, 2.24) is 0 Å². The molecule has 2 rings (SSSR count). The highest BCUT2D eigenvalue weighted by molar-refractivity contribution is 5.96. The summed E-state index contributed by atoms with van der Waals surface area (Å²) in [6.07, 6.45) is 1.34. The lowest BCUT2D eigenvalue weighted by Crippen LogP contribution is -1.91. The van der Waals surface area contributed by atoms with E-state index in [1.807, 2.05) is 6.92 Å². The molecule has 0 radical (unpaired) electrons. The number of hydrogen-bond acceptors (Lipinski definition) is 1. The minimum atomic E-state index is 0.649. The molecule has 1 heteroatoms. The van der Waals surface area contributed by atoms with Crippen LogP contribution in [0.25, 0.3) is 0 Å². The van der Waals surface area contributed by atoms with E-state index in [0.29, 0.717) is 5.71 Å². The average Bonchev–Trinajstić information content (AvgIpc) is 2.83. The summed E-state index contributed by atoms with van der Waals surface area (Å²) in [6.45, 7) is 4.12. The molecule has 13 heavy (non-hydrogen) atoms. The monoisotopic (exact) mass is 173 g/mol. The van der Waals surface area contributed by atoms with Gasteiger partial charge in [0.15, 0.2) is 0 Å². The van der Waals surface area contributed by atoms with Crippen molar-refractivity contribution in [3.8, 4) is 0 Å². The summed E-state index contributed by atoms with van der Waals surface area (Å²) in [7, 11) is 0. The van der Waals surface area contributed by atoms with Gasteiger partial charge in [-0.05, 0) is 36.3 Å². The van der Waals surface area contributed by atoms with Crippen LogP contribution in [0.4, 0.5) is 0 Å². The van der Waals surface area contributed by atoms with E-state index in [4.69, 9.17) is 5.41 Å². The van der Waals surface area contributed by atoms with Gasteiger partial charge >= 0.3 is 0 Å². The van der Waals surface area contributed by atoms with Gasteiger partial charge in [-0.1, -0.05) is 31.2 Å². The fourth-order valence-corrected chi connectivity index (χ4v) is 1.77. The van der Waals surface area contributed by atoms with Crippen molar-refractivity contribution >= 4 is 5.71 Å². The van der Waals surface area contributed by atoms with E-state index in [0.717, 1.165) is 17.4 Å². The second kappa shape index (κ2) is 2.99. The van der Waals surface area contributed by atoms with Crippen molar-refractivity contribution in [3.63, 3.8) is 0 Å². The maximum Gasteiger partial charge on any atom is 0.0355 e.